The molecular formula is C16H13ClF3NO. The van der Waals surface area contributed by atoms with Gasteiger partial charge in [0.15, 0.2) is 0 Å². The predicted octanol–water partition coefficient (Wildman–Crippen LogP) is 5.17. The first kappa shape index (κ1) is 16.4. The highest BCUT2D eigenvalue weighted by atomic mass is 35.5. The molecule has 0 spiro atoms. The SMILES string of the molecule is CCc1ccc(NC(=O)c2ccc(Cl)c(C(F)(F)F)c2)cc1. The van der Waals surface area contributed by atoms with Crippen molar-refractivity contribution < 1.29 is 18.0 Å². The first-order valence-electron chi connectivity index (χ1n) is 6.58. The molecule has 116 valence electrons. The fourth-order valence-electron chi connectivity index (χ4n) is 1.91. The van der Waals surface area contributed by atoms with Gasteiger partial charge < -0.3 is 5.32 Å². The standard InChI is InChI=1S/C16H13ClF3NO/c1-2-10-3-6-12(7-4-10)21-15(22)11-5-8-14(17)13(9-11)16(18,19)20/h3-9H,2H2,1H3,(H,21,22). The van der Waals surface area contributed by atoms with Gasteiger partial charge in [-0.3, -0.25) is 4.79 Å². The fourth-order valence-corrected chi connectivity index (χ4v) is 2.14. The van der Waals surface area contributed by atoms with Crippen molar-refractivity contribution in [1.82, 2.24) is 0 Å². The van der Waals surface area contributed by atoms with Crippen LogP contribution in [0.1, 0.15) is 28.4 Å². The van der Waals surface area contributed by atoms with Crippen LogP contribution >= 0.6 is 11.6 Å². The Bertz CT molecular complexity index is 681. The van der Waals surface area contributed by atoms with Gasteiger partial charge in [0.25, 0.3) is 5.91 Å². The molecule has 2 rings (SSSR count). The number of aryl methyl sites for hydroxylation is 1. The minimum Gasteiger partial charge on any atom is -0.322 e. The van der Waals surface area contributed by atoms with E-state index >= 15 is 0 Å². The molecule has 0 fully saturated rings. The maximum absolute atomic E-state index is 12.8. The molecule has 0 aliphatic heterocycles. The lowest BCUT2D eigenvalue weighted by molar-refractivity contribution is -0.137. The average molecular weight is 328 g/mol. The van der Waals surface area contributed by atoms with E-state index < -0.39 is 22.7 Å². The number of carbonyl (C=O) groups is 1. The van der Waals surface area contributed by atoms with Crippen molar-refractivity contribution >= 4 is 23.2 Å². The van der Waals surface area contributed by atoms with Crippen LogP contribution in [0.5, 0.6) is 0 Å². The van der Waals surface area contributed by atoms with Gasteiger partial charge >= 0.3 is 6.18 Å². The topological polar surface area (TPSA) is 29.1 Å². The molecule has 0 radical (unpaired) electrons. The maximum atomic E-state index is 12.8. The van der Waals surface area contributed by atoms with Gasteiger partial charge in [0.2, 0.25) is 0 Å². The average Bonchev–Trinajstić information content (AvgIpc) is 2.47. The third kappa shape index (κ3) is 3.80. The van der Waals surface area contributed by atoms with E-state index in [0.717, 1.165) is 24.1 Å². The number of nitrogens with one attached hydrogen (secondary N) is 1. The van der Waals surface area contributed by atoms with Crippen molar-refractivity contribution in [3.8, 4) is 0 Å². The van der Waals surface area contributed by atoms with E-state index in [1.165, 1.54) is 6.07 Å². The zero-order valence-corrected chi connectivity index (χ0v) is 12.4. The molecule has 0 aromatic heterocycles. The molecular weight excluding hydrogens is 315 g/mol. The van der Waals surface area contributed by atoms with Crippen LogP contribution < -0.4 is 5.32 Å². The van der Waals surface area contributed by atoms with E-state index in [1.54, 1.807) is 12.1 Å². The van der Waals surface area contributed by atoms with Crippen molar-refractivity contribution in [1.29, 1.82) is 0 Å². The first-order valence-corrected chi connectivity index (χ1v) is 6.96. The lowest BCUT2D eigenvalue weighted by Crippen LogP contribution is -2.14. The molecule has 0 saturated heterocycles. The second-order valence-electron chi connectivity index (χ2n) is 4.70. The number of halogens is 4. The lowest BCUT2D eigenvalue weighted by atomic mass is 10.1. The maximum Gasteiger partial charge on any atom is 0.417 e. The summed E-state index contributed by atoms with van der Waals surface area (Å²) in [6.45, 7) is 2.00. The summed E-state index contributed by atoms with van der Waals surface area (Å²) in [6.07, 6.45) is -3.74. The van der Waals surface area contributed by atoms with Crippen molar-refractivity contribution in [3.05, 3.63) is 64.2 Å². The van der Waals surface area contributed by atoms with Crippen LogP contribution in [0.3, 0.4) is 0 Å². The summed E-state index contributed by atoms with van der Waals surface area (Å²) in [5.74, 6) is -0.619. The van der Waals surface area contributed by atoms with Crippen LogP contribution in [0, 0.1) is 0 Å². The zero-order chi connectivity index (χ0) is 16.3. The van der Waals surface area contributed by atoms with Gasteiger partial charge in [-0.2, -0.15) is 13.2 Å². The number of carbonyl (C=O) groups excluding carboxylic acids is 1. The minimum atomic E-state index is -4.60. The summed E-state index contributed by atoms with van der Waals surface area (Å²) < 4.78 is 38.4. The molecule has 2 aromatic rings. The number of rotatable bonds is 3. The number of alkyl halides is 3. The Morgan fingerprint density at radius 2 is 1.77 bits per heavy atom. The molecule has 0 saturated carbocycles. The summed E-state index contributed by atoms with van der Waals surface area (Å²) in [5, 5.41) is 2.12. The van der Waals surface area contributed by atoms with Crippen LogP contribution in [0.25, 0.3) is 0 Å². The van der Waals surface area contributed by atoms with Crippen LogP contribution in [-0.4, -0.2) is 5.91 Å². The van der Waals surface area contributed by atoms with E-state index in [0.29, 0.717) is 5.69 Å². The van der Waals surface area contributed by atoms with Crippen LogP contribution in [0.15, 0.2) is 42.5 Å². The highest BCUT2D eigenvalue weighted by molar-refractivity contribution is 6.31. The fraction of sp³-hybridized carbons (Fsp3) is 0.188. The Morgan fingerprint density at radius 1 is 1.14 bits per heavy atom. The van der Waals surface area contributed by atoms with Crippen molar-refractivity contribution in [2.24, 2.45) is 0 Å². The molecule has 0 aliphatic carbocycles. The Kier molecular flexibility index (Phi) is 4.76. The van der Waals surface area contributed by atoms with Gasteiger partial charge in [-0.1, -0.05) is 30.7 Å². The summed E-state index contributed by atoms with van der Waals surface area (Å²) in [5.41, 5.74) is 0.494. The van der Waals surface area contributed by atoms with Crippen molar-refractivity contribution in [3.63, 3.8) is 0 Å². The molecule has 22 heavy (non-hydrogen) atoms. The second-order valence-corrected chi connectivity index (χ2v) is 5.10. The van der Waals surface area contributed by atoms with E-state index in [9.17, 15) is 18.0 Å². The summed E-state index contributed by atoms with van der Waals surface area (Å²) in [6, 6.07) is 10.2. The number of hydrogen-bond acceptors (Lipinski definition) is 1. The molecule has 0 heterocycles. The lowest BCUT2D eigenvalue weighted by Gasteiger charge is -2.11. The normalized spacial score (nSPS) is 11.3. The van der Waals surface area contributed by atoms with E-state index in [-0.39, 0.29) is 5.56 Å². The number of amides is 1. The molecule has 2 aromatic carbocycles. The van der Waals surface area contributed by atoms with Crippen LogP contribution in [0.2, 0.25) is 5.02 Å². The third-order valence-electron chi connectivity index (χ3n) is 3.15. The van der Waals surface area contributed by atoms with E-state index in [4.69, 9.17) is 11.6 Å². The van der Waals surface area contributed by atoms with Crippen molar-refractivity contribution in [2.75, 3.05) is 5.32 Å². The smallest absolute Gasteiger partial charge is 0.322 e. The minimum absolute atomic E-state index is 0.101. The summed E-state index contributed by atoms with van der Waals surface area (Å²) in [7, 11) is 0. The molecule has 1 N–H and O–H groups in total. The molecule has 0 unspecified atom stereocenters. The molecule has 6 heteroatoms. The molecule has 0 atom stereocenters. The summed E-state index contributed by atoms with van der Waals surface area (Å²) >= 11 is 5.53. The summed E-state index contributed by atoms with van der Waals surface area (Å²) in [4.78, 5) is 12.0. The number of hydrogen-bond donors (Lipinski definition) is 1. The van der Waals surface area contributed by atoms with Gasteiger partial charge in [-0.15, -0.1) is 0 Å². The van der Waals surface area contributed by atoms with Gasteiger partial charge in [0.1, 0.15) is 0 Å². The Labute approximate surface area is 130 Å². The Hall–Kier alpha value is -2.01. The molecule has 0 aliphatic rings. The van der Waals surface area contributed by atoms with Crippen LogP contribution in [-0.2, 0) is 12.6 Å². The Morgan fingerprint density at radius 3 is 2.32 bits per heavy atom. The third-order valence-corrected chi connectivity index (χ3v) is 3.48. The number of benzene rings is 2. The number of anilines is 1. The van der Waals surface area contributed by atoms with Gasteiger partial charge in [-0.05, 0) is 42.3 Å². The van der Waals surface area contributed by atoms with Gasteiger partial charge in [0.05, 0.1) is 10.6 Å². The van der Waals surface area contributed by atoms with E-state index in [1.807, 2.05) is 19.1 Å². The molecule has 2 nitrogen and oxygen atoms in total. The predicted molar refractivity (Wildman–Crippen MR) is 80.2 cm³/mol. The quantitative estimate of drug-likeness (QED) is 0.827. The monoisotopic (exact) mass is 327 g/mol. The first-order chi connectivity index (χ1) is 10.3. The van der Waals surface area contributed by atoms with E-state index in [2.05, 4.69) is 5.32 Å². The van der Waals surface area contributed by atoms with Crippen molar-refractivity contribution in [2.45, 2.75) is 19.5 Å². The van der Waals surface area contributed by atoms with Gasteiger partial charge in [0, 0.05) is 11.3 Å². The van der Waals surface area contributed by atoms with Gasteiger partial charge in [-0.25, -0.2) is 0 Å². The molecule has 0 bridgehead atoms. The molecule has 1 amide bonds. The Balaban J connectivity index is 2.22. The van der Waals surface area contributed by atoms with Crippen LogP contribution in [0.4, 0.5) is 18.9 Å². The second kappa shape index (κ2) is 6.40. The largest absolute Gasteiger partial charge is 0.417 e. The highest BCUT2D eigenvalue weighted by Gasteiger charge is 2.33. The zero-order valence-electron chi connectivity index (χ0n) is 11.7. The highest BCUT2D eigenvalue weighted by Crippen LogP contribution is 2.35.